The van der Waals surface area contributed by atoms with Gasteiger partial charge in [-0.2, -0.15) is 0 Å². The van der Waals surface area contributed by atoms with Gasteiger partial charge in [0.1, 0.15) is 0 Å². The quantitative estimate of drug-likeness (QED) is 0.933. The summed E-state index contributed by atoms with van der Waals surface area (Å²) in [4.78, 5) is 19.9. The van der Waals surface area contributed by atoms with Crippen molar-refractivity contribution in [2.45, 2.75) is 12.5 Å². The molecule has 22 heavy (non-hydrogen) atoms. The summed E-state index contributed by atoms with van der Waals surface area (Å²) in [5.74, 6) is 0.292. The summed E-state index contributed by atoms with van der Waals surface area (Å²) in [5.41, 5.74) is 0.482. The number of carbonyl (C=O) groups is 1. The number of halogens is 1. The summed E-state index contributed by atoms with van der Waals surface area (Å²) in [5, 5.41) is 5.51. The van der Waals surface area contributed by atoms with E-state index >= 15 is 0 Å². The highest BCUT2D eigenvalue weighted by molar-refractivity contribution is 7.10. The lowest BCUT2D eigenvalue weighted by atomic mass is 9.99. The first kappa shape index (κ1) is 15.5. The Balaban J connectivity index is 1.66. The summed E-state index contributed by atoms with van der Waals surface area (Å²) in [7, 11) is 2.14. The number of nitrogens with zero attached hydrogens (tertiary/aromatic N) is 2. The molecule has 116 valence electrons. The molecule has 0 bridgehead atoms. The van der Waals surface area contributed by atoms with Crippen LogP contribution in [0.15, 0.2) is 36.0 Å². The van der Waals surface area contributed by atoms with Gasteiger partial charge in [0.05, 0.1) is 10.6 Å². The standard InChI is InChI=1S/C16H18ClN3OS/c1-20-7-5-11(15(20)14-3-2-8-22-14)9-19-16(21)12-4-6-18-10-13(12)17/h2-4,6,8,10-11,15H,5,7,9H2,1H3,(H,19,21)/t11-,15+/m0/s1. The number of rotatable bonds is 4. The molecule has 0 radical (unpaired) electrons. The maximum atomic E-state index is 12.3. The summed E-state index contributed by atoms with van der Waals surface area (Å²) in [6.07, 6.45) is 4.16. The molecule has 3 rings (SSSR count). The van der Waals surface area contributed by atoms with Crippen LogP contribution in [-0.4, -0.2) is 35.9 Å². The Labute approximate surface area is 139 Å². The molecule has 1 N–H and O–H groups in total. The zero-order valence-electron chi connectivity index (χ0n) is 12.3. The second kappa shape index (κ2) is 6.77. The van der Waals surface area contributed by atoms with Crippen LogP contribution >= 0.6 is 22.9 Å². The number of amides is 1. The van der Waals surface area contributed by atoms with E-state index in [1.165, 1.54) is 11.1 Å². The molecule has 4 nitrogen and oxygen atoms in total. The van der Waals surface area contributed by atoms with Gasteiger partial charge in [-0.3, -0.25) is 14.7 Å². The van der Waals surface area contributed by atoms with Gasteiger partial charge in [0.15, 0.2) is 0 Å². The molecule has 0 unspecified atom stereocenters. The van der Waals surface area contributed by atoms with Crippen LogP contribution in [0.1, 0.15) is 27.7 Å². The molecule has 1 aliphatic rings. The van der Waals surface area contributed by atoms with Gasteiger partial charge in [-0.1, -0.05) is 17.7 Å². The van der Waals surface area contributed by atoms with E-state index in [9.17, 15) is 4.79 Å². The van der Waals surface area contributed by atoms with Crippen molar-refractivity contribution in [2.24, 2.45) is 5.92 Å². The topological polar surface area (TPSA) is 45.2 Å². The highest BCUT2D eigenvalue weighted by Crippen LogP contribution is 2.37. The molecule has 2 atom stereocenters. The van der Waals surface area contributed by atoms with E-state index in [0.717, 1.165) is 13.0 Å². The van der Waals surface area contributed by atoms with Crippen LogP contribution < -0.4 is 5.32 Å². The summed E-state index contributed by atoms with van der Waals surface area (Å²) in [6, 6.07) is 6.28. The van der Waals surface area contributed by atoms with Gasteiger partial charge >= 0.3 is 0 Å². The van der Waals surface area contributed by atoms with Gasteiger partial charge in [0, 0.05) is 29.9 Å². The Kier molecular flexibility index (Phi) is 4.76. The fraction of sp³-hybridized carbons (Fsp3) is 0.375. The van der Waals surface area contributed by atoms with Crippen LogP contribution in [0.25, 0.3) is 0 Å². The lowest BCUT2D eigenvalue weighted by Gasteiger charge is -2.24. The second-order valence-electron chi connectivity index (χ2n) is 5.56. The van der Waals surface area contributed by atoms with Crippen molar-refractivity contribution < 1.29 is 4.79 Å². The van der Waals surface area contributed by atoms with E-state index in [0.29, 0.717) is 29.1 Å². The van der Waals surface area contributed by atoms with Gasteiger partial charge < -0.3 is 5.32 Å². The molecule has 1 fully saturated rings. The van der Waals surface area contributed by atoms with E-state index in [1.807, 2.05) is 0 Å². The van der Waals surface area contributed by atoms with Crippen molar-refractivity contribution >= 4 is 28.8 Å². The highest BCUT2D eigenvalue weighted by Gasteiger charge is 2.33. The van der Waals surface area contributed by atoms with Crippen molar-refractivity contribution in [1.82, 2.24) is 15.2 Å². The number of hydrogen-bond donors (Lipinski definition) is 1. The lowest BCUT2D eigenvalue weighted by molar-refractivity contribution is 0.0944. The summed E-state index contributed by atoms with van der Waals surface area (Å²) >= 11 is 7.79. The normalized spacial score (nSPS) is 21.9. The zero-order chi connectivity index (χ0) is 15.5. The third kappa shape index (κ3) is 3.16. The highest BCUT2D eigenvalue weighted by atomic mass is 35.5. The number of likely N-dealkylation sites (tertiary alicyclic amines) is 1. The minimum atomic E-state index is -0.133. The van der Waals surface area contributed by atoms with E-state index in [2.05, 4.69) is 39.8 Å². The van der Waals surface area contributed by atoms with Gasteiger partial charge in [-0.15, -0.1) is 11.3 Å². The maximum absolute atomic E-state index is 12.3. The van der Waals surface area contributed by atoms with Gasteiger partial charge in [0.2, 0.25) is 0 Å². The molecule has 1 amide bonds. The first-order chi connectivity index (χ1) is 10.7. The Morgan fingerprint density at radius 1 is 1.55 bits per heavy atom. The SMILES string of the molecule is CN1CC[C@@H](CNC(=O)c2ccncc2Cl)[C@@H]1c1cccs1. The van der Waals surface area contributed by atoms with E-state index in [4.69, 9.17) is 11.6 Å². The van der Waals surface area contributed by atoms with Gasteiger partial charge in [-0.05, 0) is 43.4 Å². The monoisotopic (exact) mass is 335 g/mol. The fourth-order valence-electron chi connectivity index (χ4n) is 3.03. The van der Waals surface area contributed by atoms with Crippen molar-refractivity contribution in [1.29, 1.82) is 0 Å². The average molecular weight is 336 g/mol. The first-order valence-corrected chi connectivity index (χ1v) is 8.54. The van der Waals surface area contributed by atoms with E-state index in [-0.39, 0.29) is 5.91 Å². The minimum absolute atomic E-state index is 0.133. The molecule has 6 heteroatoms. The molecule has 0 aromatic carbocycles. The predicted octanol–water partition coefficient (Wildman–Crippen LogP) is 3.22. The van der Waals surface area contributed by atoms with Gasteiger partial charge in [0.25, 0.3) is 5.91 Å². The van der Waals surface area contributed by atoms with Gasteiger partial charge in [-0.25, -0.2) is 0 Å². The number of hydrogen-bond acceptors (Lipinski definition) is 4. The van der Waals surface area contributed by atoms with Crippen molar-refractivity contribution in [3.8, 4) is 0 Å². The maximum Gasteiger partial charge on any atom is 0.252 e. The molecule has 2 aromatic rings. The molecule has 3 heterocycles. The van der Waals surface area contributed by atoms with E-state index < -0.39 is 0 Å². The lowest BCUT2D eigenvalue weighted by Crippen LogP contribution is -2.32. The first-order valence-electron chi connectivity index (χ1n) is 7.28. The molecule has 1 aliphatic heterocycles. The molecule has 2 aromatic heterocycles. The Bertz CT molecular complexity index is 647. The van der Waals surface area contributed by atoms with E-state index in [1.54, 1.807) is 23.6 Å². The van der Waals surface area contributed by atoms with Crippen LogP contribution in [0.4, 0.5) is 0 Å². The molecule has 0 spiro atoms. The molecule has 1 saturated heterocycles. The van der Waals surface area contributed by atoms with Crippen LogP contribution in [-0.2, 0) is 0 Å². The Morgan fingerprint density at radius 2 is 2.41 bits per heavy atom. The molecule has 0 aliphatic carbocycles. The molecular weight excluding hydrogens is 318 g/mol. The third-order valence-corrected chi connectivity index (χ3v) is 5.39. The second-order valence-corrected chi connectivity index (χ2v) is 6.94. The van der Waals surface area contributed by atoms with Crippen LogP contribution in [0.2, 0.25) is 5.02 Å². The number of carbonyl (C=O) groups excluding carboxylic acids is 1. The minimum Gasteiger partial charge on any atom is -0.352 e. The number of pyridine rings is 1. The zero-order valence-corrected chi connectivity index (χ0v) is 13.9. The number of aromatic nitrogens is 1. The largest absolute Gasteiger partial charge is 0.352 e. The summed E-state index contributed by atoms with van der Waals surface area (Å²) in [6.45, 7) is 1.71. The molecular formula is C16H18ClN3OS. The van der Waals surface area contributed by atoms with Crippen molar-refractivity contribution in [3.63, 3.8) is 0 Å². The van der Waals surface area contributed by atoms with Crippen LogP contribution in [0.5, 0.6) is 0 Å². The smallest absolute Gasteiger partial charge is 0.252 e. The fourth-order valence-corrected chi connectivity index (χ4v) is 4.22. The third-order valence-electron chi connectivity index (χ3n) is 4.15. The van der Waals surface area contributed by atoms with Crippen LogP contribution in [0.3, 0.4) is 0 Å². The average Bonchev–Trinajstić information content (AvgIpc) is 3.14. The predicted molar refractivity (Wildman–Crippen MR) is 89.4 cm³/mol. The summed E-state index contributed by atoms with van der Waals surface area (Å²) < 4.78 is 0. The van der Waals surface area contributed by atoms with Crippen molar-refractivity contribution in [3.05, 3.63) is 51.4 Å². The molecule has 0 saturated carbocycles. The Hall–Kier alpha value is -1.43. The van der Waals surface area contributed by atoms with Crippen LogP contribution in [0, 0.1) is 5.92 Å². The number of nitrogens with one attached hydrogen (secondary N) is 1. The Morgan fingerprint density at radius 3 is 3.14 bits per heavy atom. The van der Waals surface area contributed by atoms with Crippen molar-refractivity contribution in [2.75, 3.05) is 20.1 Å². The number of thiophene rings is 1.